The number of hydrogen-bond acceptors (Lipinski definition) is 0. The van der Waals surface area contributed by atoms with E-state index in [1.54, 1.807) is 6.08 Å². The number of allylic oxidation sites excluding steroid dienone is 3. The monoisotopic (exact) mass is 213 g/mol. The van der Waals surface area contributed by atoms with Gasteiger partial charge in [-0.3, -0.25) is 0 Å². The van der Waals surface area contributed by atoms with Gasteiger partial charge in [-0.1, -0.05) is 37.0 Å². The molecule has 0 spiro atoms. The van der Waals surface area contributed by atoms with Crippen LogP contribution in [0.1, 0.15) is 32.0 Å². The lowest BCUT2D eigenvalue weighted by Gasteiger charge is -1.91. The molecule has 0 unspecified atom stereocenters. The Bertz CT molecular complexity index is 525. The number of rotatable bonds is 3. The third kappa shape index (κ3) is 2.43. The summed E-state index contributed by atoms with van der Waals surface area (Å²) in [5.74, 6) is 0. The minimum atomic E-state index is 1.11. The Hall–Kier alpha value is -1.76. The molecule has 0 aliphatic carbocycles. The summed E-state index contributed by atoms with van der Waals surface area (Å²) in [5.41, 5.74) is 2.37. The van der Waals surface area contributed by atoms with Crippen LogP contribution < -0.4 is 10.6 Å². The molecule has 0 aromatic carbocycles. The van der Waals surface area contributed by atoms with E-state index < -0.39 is 0 Å². The highest BCUT2D eigenvalue weighted by Crippen LogP contribution is 2.04. The topological polar surface area (TPSA) is 15.8 Å². The van der Waals surface area contributed by atoms with E-state index in [2.05, 4.69) is 42.8 Å². The van der Waals surface area contributed by atoms with E-state index >= 15 is 0 Å². The van der Waals surface area contributed by atoms with Crippen molar-refractivity contribution in [1.82, 2.24) is 4.98 Å². The molecule has 0 radical (unpaired) electrons. The van der Waals surface area contributed by atoms with Gasteiger partial charge in [0.25, 0.3) is 0 Å². The van der Waals surface area contributed by atoms with Crippen molar-refractivity contribution in [2.24, 2.45) is 0 Å². The quantitative estimate of drug-likeness (QED) is 0.794. The van der Waals surface area contributed by atoms with Crippen molar-refractivity contribution >= 4 is 24.3 Å². The van der Waals surface area contributed by atoms with Gasteiger partial charge in [0.1, 0.15) is 0 Å². The molecule has 1 nitrogen and oxygen atoms in total. The van der Waals surface area contributed by atoms with Crippen LogP contribution in [0.3, 0.4) is 0 Å². The summed E-state index contributed by atoms with van der Waals surface area (Å²) in [4.78, 5) is 3.39. The van der Waals surface area contributed by atoms with Gasteiger partial charge in [-0.25, -0.2) is 0 Å². The van der Waals surface area contributed by atoms with Crippen LogP contribution in [0.5, 0.6) is 0 Å². The van der Waals surface area contributed by atoms with Crippen molar-refractivity contribution in [1.29, 1.82) is 0 Å². The molecule has 0 fully saturated rings. The van der Waals surface area contributed by atoms with Gasteiger partial charge in [0, 0.05) is 21.8 Å². The van der Waals surface area contributed by atoms with Crippen molar-refractivity contribution < 1.29 is 0 Å². The van der Waals surface area contributed by atoms with Gasteiger partial charge in [0.2, 0.25) is 0 Å². The van der Waals surface area contributed by atoms with Crippen LogP contribution in [-0.4, -0.2) is 4.98 Å². The molecule has 1 heterocycles. The number of aromatic nitrogens is 1. The lowest BCUT2D eigenvalue weighted by atomic mass is 10.1. The number of hydrogen-bond donors (Lipinski definition) is 1. The molecule has 84 valence electrons. The second-order valence-electron chi connectivity index (χ2n) is 3.47. The van der Waals surface area contributed by atoms with Crippen molar-refractivity contribution in [2.45, 2.75) is 20.8 Å². The van der Waals surface area contributed by atoms with Crippen molar-refractivity contribution in [2.75, 3.05) is 0 Å². The summed E-state index contributed by atoms with van der Waals surface area (Å²) in [7, 11) is 0. The van der Waals surface area contributed by atoms with Crippen LogP contribution in [0.15, 0.2) is 24.8 Å². The molecule has 0 saturated heterocycles. The van der Waals surface area contributed by atoms with E-state index in [9.17, 15) is 0 Å². The molecule has 0 bridgehead atoms. The molecule has 0 aliphatic heterocycles. The molecule has 1 aromatic rings. The zero-order valence-electron chi connectivity index (χ0n) is 10.2. The minimum absolute atomic E-state index is 1.11. The maximum atomic E-state index is 3.74. The van der Waals surface area contributed by atoms with Crippen LogP contribution in [0, 0.1) is 0 Å². The first-order valence-electron chi connectivity index (χ1n) is 5.54. The highest BCUT2D eigenvalue weighted by molar-refractivity contribution is 5.65. The van der Waals surface area contributed by atoms with E-state index in [-0.39, 0.29) is 0 Å². The summed E-state index contributed by atoms with van der Waals surface area (Å²) < 4.78 is 0. The third-order valence-electron chi connectivity index (χ3n) is 2.38. The standard InChI is InChI=1S/C15H19N/c1-5-9-13-12(8-4)14(10-6-2)16-15(13)11-7-3/h5-11,16H,2H2,1,3-4H3/b9-5-,11-7-,12-8-,14-10+. The van der Waals surface area contributed by atoms with E-state index in [0.717, 1.165) is 11.0 Å². The largest absolute Gasteiger partial charge is 0.355 e. The Morgan fingerprint density at radius 1 is 1.06 bits per heavy atom. The Morgan fingerprint density at radius 2 is 1.75 bits per heavy atom. The lowest BCUT2D eigenvalue weighted by molar-refractivity contribution is 1.29. The molecular formula is C15H19N. The predicted molar refractivity (Wildman–Crippen MR) is 74.3 cm³/mol. The summed E-state index contributed by atoms with van der Waals surface area (Å²) >= 11 is 0. The first kappa shape index (κ1) is 12.3. The maximum Gasteiger partial charge on any atom is 0.0461 e. The summed E-state index contributed by atoms with van der Waals surface area (Å²) in [6.07, 6.45) is 14.2. The van der Waals surface area contributed by atoms with Crippen molar-refractivity contribution in [3.63, 3.8) is 0 Å². The predicted octanol–water partition coefficient (Wildman–Crippen LogP) is 2.85. The average molecular weight is 213 g/mol. The van der Waals surface area contributed by atoms with Crippen molar-refractivity contribution in [3.05, 3.63) is 46.6 Å². The summed E-state index contributed by atoms with van der Waals surface area (Å²) in [6, 6.07) is 0. The summed E-state index contributed by atoms with van der Waals surface area (Å²) in [6.45, 7) is 9.84. The molecule has 1 rings (SSSR count). The van der Waals surface area contributed by atoms with E-state index in [4.69, 9.17) is 0 Å². The molecule has 1 N–H and O–H groups in total. The second-order valence-corrected chi connectivity index (χ2v) is 3.47. The van der Waals surface area contributed by atoms with Gasteiger partial charge in [-0.15, -0.1) is 0 Å². The third-order valence-corrected chi connectivity index (χ3v) is 2.38. The molecule has 0 atom stereocenters. The van der Waals surface area contributed by atoms with Crippen LogP contribution >= 0.6 is 0 Å². The van der Waals surface area contributed by atoms with E-state index in [0.29, 0.717) is 0 Å². The Kier molecular flexibility index (Phi) is 4.59. The van der Waals surface area contributed by atoms with Crippen molar-refractivity contribution in [3.8, 4) is 0 Å². The maximum absolute atomic E-state index is 3.74. The molecule has 16 heavy (non-hydrogen) atoms. The fraction of sp³-hybridized carbons (Fsp3) is 0.200. The number of aromatic amines is 1. The Morgan fingerprint density at radius 3 is 2.25 bits per heavy atom. The van der Waals surface area contributed by atoms with Crippen LogP contribution in [0.2, 0.25) is 0 Å². The first-order valence-corrected chi connectivity index (χ1v) is 5.54. The Balaban J connectivity index is 3.66. The van der Waals surface area contributed by atoms with E-state index in [1.807, 2.05) is 26.0 Å². The molecule has 0 saturated carbocycles. The van der Waals surface area contributed by atoms with E-state index in [1.165, 1.54) is 10.8 Å². The molecule has 1 heteroatoms. The Labute approximate surface area is 97.2 Å². The van der Waals surface area contributed by atoms with Gasteiger partial charge < -0.3 is 4.98 Å². The normalized spacial score (nSPS) is 14.4. The lowest BCUT2D eigenvalue weighted by Crippen LogP contribution is -2.23. The smallest absolute Gasteiger partial charge is 0.0461 e. The van der Waals surface area contributed by atoms with Gasteiger partial charge in [0.15, 0.2) is 0 Å². The molecule has 1 aromatic heterocycles. The highest BCUT2D eigenvalue weighted by Gasteiger charge is 2.01. The van der Waals surface area contributed by atoms with Gasteiger partial charge in [-0.2, -0.15) is 0 Å². The SMILES string of the molecule is C=C/C=c1/[nH]c(/C=C\C)c(/C=C\C)/c1=C/C. The zero-order chi connectivity index (χ0) is 12.0. The highest BCUT2D eigenvalue weighted by atomic mass is 14.7. The molecular weight excluding hydrogens is 194 g/mol. The number of H-pyrrole nitrogens is 1. The first-order chi connectivity index (χ1) is 7.78. The van der Waals surface area contributed by atoms with Gasteiger partial charge in [0.05, 0.1) is 0 Å². The molecule has 0 amide bonds. The van der Waals surface area contributed by atoms with Crippen LogP contribution in [0.25, 0.3) is 24.3 Å². The van der Waals surface area contributed by atoms with Crippen LogP contribution in [0.4, 0.5) is 0 Å². The fourth-order valence-electron chi connectivity index (χ4n) is 1.77. The minimum Gasteiger partial charge on any atom is -0.355 e. The van der Waals surface area contributed by atoms with Gasteiger partial charge in [-0.05, 0) is 32.9 Å². The molecule has 0 aliphatic rings. The average Bonchev–Trinajstić information content (AvgIpc) is 2.58. The number of nitrogens with one attached hydrogen (secondary N) is 1. The zero-order valence-corrected chi connectivity index (χ0v) is 10.2. The second kappa shape index (κ2) is 5.96. The van der Waals surface area contributed by atoms with Gasteiger partial charge >= 0.3 is 0 Å². The summed E-state index contributed by atoms with van der Waals surface area (Å²) in [5, 5.41) is 2.34. The van der Waals surface area contributed by atoms with Crippen LogP contribution in [-0.2, 0) is 0 Å². The fourth-order valence-corrected chi connectivity index (χ4v) is 1.77.